The van der Waals surface area contributed by atoms with E-state index in [0.29, 0.717) is 74.9 Å². The van der Waals surface area contributed by atoms with E-state index in [-0.39, 0.29) is 96.1 Å². The minimum atomic E-state index is -0.822. The third kappa shape index (κ3) is 14.2. The lowest BCUT2D eigenvalue weighted by Gasteiger charge is -2.35. The highest BCUT2D eigenvalue weighted by atomic mass is 35.5. The number of Topliss-reactive ketones (excluding diaryl/α,β-unsaturated/α-hetero) is 1. The third-order valence-corrected chi connectivity index (χ3v) is 15.0. The Balaban J connectivity index is 0.00000541. The Bertz CT molecular complexity index is 3170. The summed E-state index contributed by atoms with van der Waals surface area (Å²) < 4.78 is 13.0. The van der Waals surface area contributed by atoms with Crippen molar-refractivity contribution in [3.63, 3.8) is 0 Å². The molecule has 8 rings (SSSR count). The van der Waals surface area contributed by atoms with Crippen molar-refractivity contribution in [1.29, 1.82) is 0 Å². The Morgan fingerprint density at radius 2 is 1.10 bits per heavy atom. The molecular formula is C61H77Cl2N11O8. The molecule has 0 saturated carbocycles. The van der Waals surface area contributed by atoms with E-state index in [0.717, 1.165) is 21.8 Å². The number of carbonyl (C=O) groups is 6. The van der Waals surface area contributed by atoms with Crippen molar-refractivity contribution in [3.8, 4) is 46.3 Å². The number of oxazole rings is 2. The van der Waals surface area contributed by atoms with Crippen LogP contribution in [0.4, 0.5) is 0 Å². The summed E-state index contributed by atoms with van der Waals surface area (Å²) >= 11 is 0. The van der Waals surface area contributed by atoms with Gasteiger partial charge in [-0.05, 0) is 94.9 Å². The second-order valence-electron chi connectivity index (χ2n) is 22.9. The van der Waals surface area contributed by atoms with Gasteiger partial charge < -0.3 is 55.2 Å². The van der Waals surface area contributed by atoms with Crippen LogP contribution in [0.25, 0.3) is 44.5 Å². The van der Waals surface area contributed by atoms with Crippen molar-refractivity contribution in [3.05, 3.63) is 84.1 Å². The van der Waals surface area contributed by atoms with Gasteiger partial charge in [0, 0.05) is 84.2 Å². The van der Waals surface area contributed by atoms with Crippen LogP contribution < -0.4 is 26.6 Å². The molecule has 6 heterocycles. The predicted molar refractivity (Wildman–Crippen MR) is 320 cm³/mol. The Hall–Kier alpha value is -7.42. The van der Waals surface area contributed by atoms with Crippen molar-refractivity contribution in [2.75, 3.05) is 33.7 Å². The largest absolute Gasteiger partial charge is 0.438 e. The molecule has 82 heavy (non-hydrogen) atoms. The van der Waals surface area contributed by atoms with Crippen LogP contribution in [-0.4, -0.2) is 123 Å². The first-order valence-electron chi connectivity index (χ1n) is 27.7. The highest BCUT2D eigenvalue weighted by Gasteiger charge is 2.44. The number of para-hydroxylation sites is 2. The fourth-order valence-corrected chi connectivity index (χ4v) is 10.2. The second-order valence-corrected chi connectivity index (χ2v) is 22.9. The molecule has 438 valence electrons. The van der Waals surface area contributed by atoms with Gasteiger partial charge in [0.05, 0.1) is 12.1 Å². The number of ketones is 1. The van der Waals surface area contributed by atoms with Gasteiger partial charge in [-0.15, -0.1) is 24.8 Å². The lowest BCUT2D eigenvalue weighted by molar-refractivity contribution is -0.141. The maximum absolute atomic E-state index is 14.3. The summed E-state index contributed by atoms with van der Waals surface area (Å²) in [5.41, 5.74) is 2.10. The Morgan fingerprint density at radius 3 is 1.56 bits per heavy atom. The molecule has 2 aromatic carbocycles. The highest BCUT2D eigenvalue weighted by Crippen LogP contribution is 2.41. The highest BCUT2D eigenvalue weighted by molar-refractivity contribution is 6.05. The van der Waals surface area contributed by atoms with Crippen LogP contribution >= 0.6 is 24.8 Å². The van der Waals surface area contributed by atoms with E-state index in [1.165, 1.54) is 0 Å². The maximum Gasteiger partial charge on any atom is 0.273 e. The molecule has 0 aliphatic carbocycles. The van der Waals surface area contributed by atoms with Crippen LogP contribution in [0, 0.1) is 34.5 Å². The first-order chi connectivity index (χ1) is 38.2. The van der Waals surface area contributed by atoms with E-state index in [9.17, 15) is 28.8 Å². The second kappa shape index (κ2) is 27.6. The molecule has 0 bridgehead atoms. The zero-order valence-corrected chi connectivity index (χ0v) is 50.0. The van der Waals surface area contributed by atoms with E-state index in [4.69, 9.17) is 18.8 Å². The SMILES string of the molecule is CN[C@@H](C)C(=O)N[C@H](C(=O)N1CCC[C@H]1c1nc(C(=O)CCCC#CC#CCCNC(=O)c2nc([C@@H]3CCCN3C(=O)[C@@H](NC(=O)[C@H](C)NC)C(C)(C)C)oc2-c2c[nH]c3ccccc23)c(-c2c[nH]c3ccccc23)o1)C(C)(C)C.Cl.Cl. The standard InChI is InChI=1S/C61H75N11O8.2ClH/c1-36(62-9)53(74)69-51(60(3,4)5)58(77)71-32-22-28-44(71)56-67-47(49(79-56)40-34-65-42-26-19-17-24-38(40)42)46(73)30-16-14-12-11-13-15-21-31-64-55(76)48-50(41-35-66-43-27-20-18-25-39(41)43)80-57(68-48)45-29-23-33-72(45)59(78)52(61(6,7)8)70-54(75)37(2)63-10;;/h17-20,24-27,34-37,44-45,51-52,62-63,65-66H,14,16,21-23,28-33H2,1-10H3,(H,64,76)(H,69,74)(H,70,75);2*1H/t36-,37-,44-,45-,51+,52+;;/m0../s1. The van der Waals surface area contributed by atoms with Gasteiger partial charge in [-0.2, -0.15) is 0 Å². The van der Waals surface area contributed by atoms with Crippen LogP contribution in [0.1, 0.15) is 152 Å². The van der Waals surface area contributed by atoms with Crippen LogP contribution in [0.2, 0.25) is 0 Å². The number of unbranched alkanes of at least 4 members (excludes halogenated alkanes) is 1. The van der Waals surface area contributed by atoms with Gasteiger partial charge in [0.1, 0.15) is 24.2 Å². The van der Waals surface area contributed by atoms with Crippen LogP contribution in [0.5, 0.6) is 0 Å². The van der Waals surface area contributed by atoms with Gasteiger partial charge in [0.25, 0.3) is 5.91 Å². The Labute approximate surface area is 491 Å². The van der Waals surface area contributed by atoms with E-state index in [1.807, 2.05) is 90.1 Å². The normalized spacial score (nSPS) is 16.6. The van der Waals surface area contributed by atoms with Gasteiger partial charge in [0.2, 0.25) is 35.4 Å². The summed E-state index contributed by atoms with van der Waals surface area (Å²) in [6.07, 6.45) is 7.34. The third-order valence-electron chi connectivity index (χ3n) is 15.0. The molecule has 2 fully saturated rings. The summed E-state index contributed by atoms with van der Waals surface area (Å²) in [6.45, 7) is 16.0. The van der Waals surface area contributed by atoms with Crippen molar-refractivity contribution in [2.45, 2.75) is 143 Å². The fraction of sp³-hybridized carbons (Fsp3) is 0.475. The van der Waals surface area contributed by atoms with Gasteiger partial charge >= 0.3 is 0 Å². The van der Waals surface area contributed by atoms with Crippen molar-refractivity contribution >= 4 is 81.9 Å². The van der Waals surface area contributed by atoms with Crippen molar-refractivity contribution < 1.29 is 37.6 Å². The molecule has 2 aliphatic heterocycles. The van der Waals surface area contributed by atoms with Gasteiger partial charge in [-0.1, -0.05) is 89.8 Å². The first kappa shape index (κ1) is 63.8. The molecule has 21 heteroatoms. The zero-order valence-electron chi connectivity index (χ0n) is 48.4. The van der Waals surface area contributed by atoms with E-state index >= 15 is 0 Å². The molecule has 6 aromatic rings. The monoisotopic (exact) mass is 1160 g/mol. The van der Waals surface area contributed by atoms with Gasteiger partial charge in [-0.25, -0.2) is 9.97 Å². The predicted octanol–water partition coefficient (Wildman–Crippen LogP) is 8.59. The number of aromatic amines is 2. The molecular weight excluding hydrogens is 1090 g/mol. The van der Waals surface area contributed by atoms with Crippen LogP contribution in [-0.2, 0) is 19.2 Å². The Morgan fingerprint density at radius 1 is 0.659 bits per heavy atom. The lowest BCUT2D eigenvalue weighted by atomic mass is 9.85. The maximum atomic E-state index is 14.3. The summed E-state index contributed by atoms with van der Waals surface area (Å²) in [5.74, 6) is 11.1. The van der Waals surface area contributed by atoms with Crippen LogP contribution in [0.3, 0.4) is 0 Å². The smallest absolute Gasteiger partial charge is 0.273 e. The molecule has 4 aromatic heterocycles. The molecule has 19 nitrogen and oxygen atoms in total. The number of benzene rings is 2. The fourth-order valence-electron chi connectivity index (χ4n) is 10.2. The number of likely N-dealkylation sites (N-methyl/N-ethyl adjacent to an activating group) is 2. The summed E-state index contributed by atoms with van der Waals surface area (Å²) in [7, 11) is 3.38. The number of likely N-dealkylation sites (tertiary alicyclic amines) is 2. The number of nitrogens with zero attached hydrogens (tertiary/aromatic N) is 4. The average Bonchev–Trinajstić information content (AvgIpc) is 4.43. The number of amides is 5. The molecule has 0 radical (unpaired) electrons. The average molecular weight is 1160 g/mol. The van der Waals surface area contributed by atoms with Gasteiger partial charge in [0.15, 0.2) is 28.7 Å². The van der Waals surface area contributed by atoms with E-state index in [1.54, 1.807) is 50.1 Å². The van der Waals surface area contributed by atoms with Gasteiger partial charge in [-0.3, -0.25) is 28.8 Å². The molecule has 2 aliphatic rings. The number of aromatic nitrogens is 4. The Kier molecular flexibility index (Phi) is 21.4. The number of nitrogens with one attached hydrogen (secondary N) is 7. The molecule has 7 N–H and O–H groups in total. The van der Waals surface area contributed by atoms with Crippen molar-refractivity contribution in [1.82, 2.24) is 56.3 Å². The summed E-state index contributed by atoms with van der Waals surface area (Å²) in [5, 5.41) is 16.4. The topological polar surface area (TPSA) is 253 Å². The molecule has 5 amide bonds. The molecule has 0 unspecified atom stereocenters. The minimum Gasteiger partial charge on any atom is -0.438 e. The van der Waals surface area contributed by atoms with E-state index in [2.05, 4.69) is 60.2 Å². The molecule has 6 atom stereocenters. The number of rotatable bonds is 19. The van der Waals surface area contributed by atoms with Crippen LogP contribution in [0.15, 0.2) is 69.8 Å². The summed E-state index contributed by atoms with van der Waals surface area (Å²) in [6, 6.07) is 11.7. The molecule has 0 spiro atoms. The number of H-pyrrole nitrogens is 2. The number of fused-ring (bicyclic) bond motifs is 2. The quantitative estimate of drug-likeness (QED) is 0.0229. The number of halogens is 2. The number of carbonyl (C=O) groups excluding carboxylic acids is 6. The molecule has 2 saturated heterocycles. The number of hydrogen-bond acceptors (Lipinski definition) is 12. The van der Waals surface area contributed by atoms with E-state index < -0.39 is 53.0 Å². The number of hydrogen-bond donors (Lipinski definition) is 7. The lowest BCUT2D eigenvalue weighted by Crippen LogP contribution is -2.57. The van der Waals surface area contributed by atoms with Crippen molar-refractivity contribution in [2.24, 2.45) is 10.8 Å². The summed E-state index contributed by atoms with van der Waals surface area (Å²) in [4.78, 5) is 102. The zero-order chi connectivity index (χ0) is 57.5. The minimum absolute atomic E-state index is 0. The first-order valence-corrected chi connectivity index (χ1v) is 27.7.